The third-order valence-corrected chi connectivity index (χ3v) is 3.11. The van der Waals surface area contributed by atoms with Crippen molar-refractivity contribution in [3.8, 4) is 0 Å². The van der Waals surface area contributed by atoms with Crippen molar-refractivity contribution in [2.45, 2.75) is 33.2 Å². The fraction of sp³-hybridized carbons (Fsp3) is 0.889. The number of aliphatic imine (C=N–C) groups is 1. The molecule has 0 aromatic heterocycles. The van der Waals surface area contributed by atoms with E-state index < -0.39 is 0 Å². The Kier molecular flexibility index (Phi) is 3.76. The Morgan fingerprint density at radius 3 is 2.85 bits per heavy atom. The van der Waals surface area contributed by atoms with E-state index in [1.54, 1.807) is 12.1 Å². The molecule has 0 bridgehead atoms. The molecule has 1 heterocycles. The van der Waals surface area contributed by atoms with E-state index in [0.29, 0.717) is 6.04 Å². The molecule has 0 aliphatic carbocycles. The highest BCUT2D eigenvalue weighted by atomic mass is 32.2. The number of hydrogen-bond acceptors (Lipinski definition) is 4. The van der Waals surface area contributed by atoms with Gasteiger partial charge < -0.3 is 0 Å². The molecule has 0 fully saturated rings. The van der Waals surface area contributed by atoms with Crippen LogP contribution in [0.25, 0.3) is 0 Å². The van der Waals surface area contributed by atoms with E-state index in [2.05, 4.69) is 35.2 Å². The first-order chi connectivity index (χ1) is 6.06. The molecule has 0 aromatic carbocycles. The van der Waals surface area contributed by atoms with Crippen molar-refractivity contribution in [2.24, 2.45) is 10.4 Å². The average Bonchev–Trinajstić information content (AvgIpc) is 2.07. The molecule has 0 aromatic rings. The highest BCUT2D eigenvalue weighted by Crippen LogP contribution is 2.28. The molecule has 13 heavy (non-hydrogen) atoms. The third kappa shape index (κ3) is 2.97. The zero-order valence-corrected chi connectivity index (χ0v) is 9.66. The second-order valence-corrected chi connectivity index (χ2v) is 5.07. The molecule has 3 nitrogen and oxygen atoms in total. The lowest BCUT2D eigenvalue weighted by Crippen LogP contribution is -2.45. The van der Waals surface area contributed by atoms with Crippen molar-refractivity contribution in [1.82, 2.24) is 9.44 Å². The molecule has 1 unspecified atom stereocenters. The van der Waals surface area contributed by atoms with Crippen LogP contribution in [0, 0.1) is 5.41 Å². The lowest BCUT2D eigenvalue weighted by atomic mass is 9.80. The zero-order valence-electron chi connectivity index (χ0n) is 8.85. The molecule has 0 spiro atoms. The lowest BCUT2D eigenvalue weighted by molar-refractivity contribution is 0.276. The minimum Gasteiger partial charge on any atom is -0.294 e. The van der Waals surface area contributed by atoms with Gasteiger partial charge in [0.15, 0.2) is 0 Å². The van der Waals surface area contributed by atoms with Gasteiger partial charge in [0.25, 0.3) is 0 Å². The second-order valence-electron chi connectivity index (χ2n) is 4.22. The van der Waals surface area contributed by atoms with Gasteiger partial charge in [-0.25, -0.2) is 4.72 Å². The molecule has 0 saturated heterocycles. The van der Waals surface area contributed by atoms with E-state index in [1.165, 1.54) is 5.71 Å². The van der Waals surface area contributed by atoms with Gasteiger partial charge in [-0.1, -0.05) is 13.8 Å². The summed E-state index contributed by atoms with van der Waals surface area (Å²) < 4.78 is 6.45. The molecule has 2 N–H and O–H groups in total. The topological polar surface area (TPSA) is 36.4 Å². The Morgan fingerprint density at radius 2 is 2.23 bits per heavy atom. The first-order valence-electron chi connectivity index (χ1n) is 4.64. The summed E-state index contributed by atoms with van der Waals surface area (Å²) in [6.07, 6.45) is 1.06. The maximum absolute atomic E-state index is 4.49. The Balaban J connectivity index is 2.55. The molecule has 1 aliphatic rings. The Morgan fingerprint density at radius 1 is 1.54 bits per heavy atom. The van der Waals surface area contributed by atoms with Crippen molar-refractivity contribution in [3.05, 3.63) is 0 Å². The van der Waals surface area contributed by atoms with E-state index in [-0.39, 0.29) is 5.41 Å². The molecule has 0 saturated carbocycles. The summed E-state index contributed by atoms with van der Waals surface area (Å²) in [5, 5.41) is 0. The standard InChI is InChI=1S/C9H19N3S/c1-7-5-8(12-13-10-4)9(2,3)6-11-7/h8,10,12H,5-6H2,1-4H3. The van der Waals surface area contributed by atoms with Gasteiger partial charge in [0.2, 0.25) is 0 Å². The van der Waals surface area contributed by atoms with Gasteiger partial charge in [-0.15, -0.1) is 0 Å². The van der Waals surface area contributed by atoms with Crippen LogP contribution in [0.2, 0.25) is 0 Å². The smallest absolute Gasteiger partial charge is 0.0455 e. The van der Waals surface area contributed by atoms with Crippen LogP contribution >= 0.6 is 12.1 Å². The predicted molar refractivity (Wildman–Crippen MR) is 59.9 cm³/mol. The molecular formula is C9H19N3S. The van der Waals surface area contributed by atoms with E-state index in [4.69, 9.17) is 0 Å². The Labute approximate surface area is 85.0 Å². The van der Waals surface area contributed by atoms with E-state index in [0.717, 1.165) is 13.0 Å². The van der Waals surface area contributed by atoms with Gasteiger partial charge in [-0.05, 0) is 14.0 Å². The van der Waals surface area contributed by atoms with Gasteiger partial charge in [0, 0.05) is 42.3 Å². The van der Waals surface area contributed by atoms with Crippen LogP contribution in [-0.2, 0) is 0 Å². The number of hydrogen-bond donors (Lipinski definition) is 2. The zero-order chi connectivity index (χ0) is 9.90. The third-order valence-electron chi connectivity index (χ3n) is 2.50. The van der Waals surface area contributed by atoms with Gasteiger partial charge >= 0.3 is 0 Å². The van der Waals surface area contributed by atoms with Crippen LogP contribution in [-0.4, -0.2) is 25.3 Å². The quantitative estimate of drug-likeness (QED) is 0.681. The molecule has 0 radical (unpaired) electrons. The first kappa shape index (κ1) is 11.0. The number of nitrogens with zero attached hydrogens (tertiary/aromatic N) is 1. The van der Waals surface area contributed by atoms with Gasteiger partial charge in [-0.3, -0.25) is 9.71 Å². The monoisotopic (exact) mass is 201 g/mol. The van der Waals surface area contributed by atoms with Crippen molar-refractivity contribution in [3.63, 3.8) is 0 Å². The van der Waals surface area contributed by atoms with E-state index >= 15 is 0 Å². The molecule has 1 atom stereocenters. The molecule has 0 amide bonds. The van der Waals surface area contributed by atoms with Gasteiger partial charge in [0.1, 0.15) is 0 Å². The van der Waals surface area contributed by atoms with Gasteiger partial charge in [-0.2, -0.15) is 0 Å². The largest absolute Gasteiger partial charge is 0.294 e. The summed E-state index contributed by atoms with van der Waals surface area (Å²) in [6.45, 7) is 7.56. The average molecular weight is 201 g/mol. The first-order valence-corrected chi connectivity index (χ1v) is 5.46. The second kappa shape index (κ2) is 4.44. The highest BCUT2D eigenvalue weighted by molar-refractivity contribution is 7.95. The fourth-order valence-electron chi connectivity index (χ4n) is 1.42. The van der Waals surface area contributed by atoms with Crippen molar-refractivity contribution in [2.75, 3.05) is 13.6 Å². The minimum atomic E-state index is 0.267. The predicted octanol–water partition coefficient (Wildman–Crippen LogP) is 1.62. The van der Waals surface area contributed by atoms with Crippen LogP contribution in [0.15, 0.2) is 4.99 Å². The molecular weight excluding hydrogens is 182 g/mol. The Bertz CT molecular complexity index is 201. The molecule has 4 heteroatoms. The van der Waals surface area contributed by atoms with Crippen LogP contribution in [0.5, 0.6) is 0 Å². The van der Waals surface area contributed by atoms with Crippen molar-refractivity contribution in [1.29, 1.82) is 0 Å². The fourth-order valence-corrected chi connectivity index (χ4v) is 2.08. The summed E-state index contributed by atoms with van der Waals surface area (Å²) in [5.41, 5.74) is 1.53. The SMILES string of the molecule is CNSNC1CC(C)=NCC1(C)C. The van der Waals surface area contributed by atoms with Crippen LogP contribution < -0.4 is 9.44 Å². The van der Waals surface area contributed by atoms with Crippen molar-refractivity contribution >= 4 is 17.8 Å². The number of nitrogens with one attached hydrogen (secondary N) is 2. The van der Waals surface area contributed by atoms with E-state index in [1.807, 2.05) is 7.05 Å². The minimum absolute atomic E-state index is 0.267. The normalized spacial score (nSPS) is 27.1. The summed E-state index contributed by atoms with van der Waals surface area (Å²) in [6, 6.07) is 0.516. The lowest BCUT2D eigenvalue weighted by Gasteiger charge is -2.36. The van der Waals surface area contributed by atoms with Gasteiger partial charge in [0.05, 0.1) is 0 Å². The molecule has 1 rings (SSSR count). The van der Waals surface area contributed by atoms with Crippen molar-refractivity contribution < 1.29 is 0 Å². The van der Waals surface area contributed by atoms with E-state index in [9.17, 15) is 0 Å². The number of rotatable bonds is 3. The molecule has 1 aliphatic heterocycles. The van der Waals surface area contributed by atoms with Crippen LogP contribution in [0.1, 0.15) is 27.2 Å². The molecule has 76 valence electrons. The summed E-state index contributed by atoms with van der Waals surface area (Å²) in [5.74, 6) is 0. The summed E-state index contributed by atoms with van der Waals surface area (Å²) in [7, 11) is 1.93. The highest BCUT2D eigenvalue weighted by Gasteiger charge is 2.32. The van der Waals surface area contributed by atoms with Crippen LogP contribution in [0.3, 0.4) is 0 Å². The maximum Gasteiger partial charge on any atom is 0.0455 e. The summed E-state index contributed by atoms with van der Waals surface area (Å²) in [4.78, 5) is 4.49. The summed E-state index contributed by atoms with van der Waals surface area (Å²) >= 11 is 1.56. The Hall–Kier alpha value is -0.0600. The maximum atomic E-state index is 4.49. The van der Waals surface area contributed by atoms with Crippen LogP contribution in [0.4, 0.5) is 0 Å².